The zero-order valence-electron chi connectivity index (χ0n) is 11.4. The van der Waals surface area contributed by atoms with E-state index >= 15 is 0 Å². The van der Waals surface area contributed by atoms with Crippen LogP contribution in [0.25, 0.3) is 0 Å². The van der Waals surface area contributed by atoms with Crippen molar-refractivity contribution in [3.05, 3.63) is 23.7 Å². The van der Waals surface area contributed by atoms with Gasteiger partial charge in [0.2, 0.25) is 5.91 Å². The number of carbonyl (C=O) groups is 2. The molecule has 1 aliphatic heterocycles. The number of amides is 2. The summed E-state index contributed by atoms with van der Waals surface area (Å²) in [5.41, 5.74) is 0. The van der Waals surface area contributed by atoms with Gasteiger partial charge in [0.1, 0.15) is 12.3 Å². The Morgan fingerprint density at radius 3 is 2.76 bits per heavy atom. The van der Waals surface area contributed by atoms with Gasteiger partial charge in [-0.2, -0.15) is 13.2 Å². The predicted octanol–water partition coefficient (Wildman–Crippen LogP) is 1.73. The first-order valence-electron chi connectivity index (χ1n) is 6.52. The van der Waals surface area contributed by atoms with E-state index in [1.807, 2.05) is 6.92 Å². The molecule has 1 atom stereocenters. The third-order valence-electron chi connectivity index (χ3n) is 3.15. The van der Waals surface area contributed by atoms with Gasteiger partial charge in [0.05, 0.1) is 6.04 Å². The number of aryl methyl sites for hydroxylation is 1. The van der Waals surface area contributed by atoms with Crippen LogP contribution in [0, 0.1) is 0 Å². The average molecular weight is 304 g/mol. The number of rotatable bonds is 4. The summed E-state index contributed by atoms with van der Waals surface area (Å²) in [6.45, 7) is 0.426. The van der Waals surface area contributed by atoms with Gasteiger partial charge in [-0.25, -0.2) is 0 Å². The summed E-state index contributed by atoms with van der Waals surface area (Å²) < 4.78 is 42.1. The highest BCUT2D eigenvalue weighted by Gasteiger charge is 2.38. The highest BCUT2D eigenvalue weighted by molar-refractivity contribution is 5.92. The zero-order chi connectivity index (χ0) is 15.6. The maximum atomic E-state index is 12.3. The summed E-state index contributed by atoms with van der Waals surface area (Å²) in [6, 6.07) is 2.52. The Bertz CT molecular complexity index is 539. The lowest BCUT2D eigenvalue weighted by Crippen LogP contribution is -2.39. The molecule has 0 radical (unpaired) electrons. The zero-order valence-corrected chi connectivity index (χ0v) is 11.4. The minimum Gasteiger partial charge on any atom is -0.456 e. The van der Waals surface area contributed by atoms with Crippen LogP contribution in [0.3, 0.4) is 0 Å². The molecule has 2 amide bonds. The van der Waals surface area contributed by atoms with Crippen LogP contribution in [0.4, 0.5) is 13.2 Å². The molecule has 0 saturated carbocycles. The topological polar surface area (TPSA) is 62.6 Å². The number of likely N-dealkylation sites (tertiary alicyclic amines) is 1. The van der Waals surface area contributed by atoms with E-state index in [9.17, 15) is 22.8 Å². The second kappa shape index (κ2) is 5.79. The Kier molecular flexibility index (Phi) is 4.24. The predicted molar refractivity (Wildman–Crippen MR) is 66.6 cm³/mol. The van der Waals surface area contributed by atoms with Gasteiger partial charge in [-0.05, 0) is 12.1 Å². The Labute approximate surface area is 119 Å². The normalized spacial score (nSPS) is 19.1. The highest BCUT2D eigenvalue weighted by atomic mass is 19.4. The van der Waals surface area contributed by atoms with Crippen molar-refractivity contribution in [3.63, 3.8) is 0 Å². The van der Waals surface area contributed by atoms with E-state index in [1.165, 1.54) is 6.07 Å². The van der Waals surface area contributed by atoms with Gasteiger partial charge >= 0.3 is 6.18 Å². The van der Waals surface area contributed by atoms with Crippen LogP contribution < -0.4 is 5.32 Å². The van der Waals surface area contributed by atoms with Crippen molar-refractivity contribution < 1.29 is 27.2 Å². The van der Waals surface area contributed by atoms with Gasteiger partial charge in [0.15, 0.2) is 5.76 Å². The van der Waals surface area contributed by atoms with Crippen LogP contribution in [0.1, 0.15) is 29.7 Å². The van der Waals surface area contributed by atoms with Crippen molar-refractivity contribution in [2.45, 2.75) is 32.0 Å². The van der Waals surface area contributed by atoms with E-state index in [0.29, 0.717) is 17.1 Å². The van der Waals surface area contributed by atoms with Crippen LogP contribution in [0.15, 0.2) is 16.5 Å². The lowest BCUT2D eigenvalue weighted by molar-refractivity contribution is -0.157. The molecular formula is C13H15F3N2O3. The maximum absolute atomic E-state index is 12.3. The molecule has 1 aromatic rings. The van der Waals surface area contributed by atoms with Gasteiger partial charge in [-0.15, -0.1) is 0 Å². The molecule has 0 aliphatic carbocycles. The van der Waals surface area contributed by atoms with Crippen molar-refractivity contribution in [2.24, 2.45) is 0 Å². The second-order valence-electron chi connectivity index (χ2n) is 4.88. The van der Waals surface area contributed by atoms with Crippen molar-refractivity contribution >= 4 is 11.8 Å². The molecule has 0 aromatic carbocycles. The molecule has 2 heterocycles. The first-order chi connectivity index (χ1) is 9.78. The van der Waals surface area contributed by atoms with E-state index in [0.717, 1.165) is 0 Å². The van der Waals surface area contributed by atoms with E-state index in [-0.39, 0.29) is 18.7 Å². The lowest BCUT2D eigenvalue weighted by Gasteiger charge is -2.18. The minimum absolute atomic E-state index is 0.0913. The van der Waals surface area contributed by atoms with Gasteiger partial charge in [0, 0.05) is 19.4 Å². The molecule has 1 fully saturated rings. The van der Waals surface area contributed by atoms with E-state index in [2.05, 4.69) is 5.32 Å². The van der Waals surface area contributed by atoms with E-state index < -0.39 is 30.6 Å². The summed E-state index contributed by atoms with van der Waals surface area (Å²) in [5.74, 6) is -0.414. The van der Waals surface area contributed by atoms with Crippen molar-refractivity contribution in [3.8, 4) is 0 Å². The number of hydrogen-bond donors (Lipinski definition) is 1. The van der Waals surface area contributed by atoms with Gasteiger partial charge in [-0.1, -0.05) is 6.92 Å². The Morgan fingerprint density at radius 1 is 1.48 bits per heavy atom. The molecule has 1 saturated heterocycles. The largest absolute Gasteiger partial charge is 0.456 e. The third kappa shape index (κ3) is 3.99. The van der Waals surface area contributed by atoms with Crippen molar-refractivity contribution in [2.75, 3.05) is 13.1 Å². The molecule has 0 bridgehead atoms. The number of hydrogen-bond acceptors (Lipinski definition) is 3. The second-order valence-corrected chi connectivity index (χ2v) is 4.88. The average Bonchev–Trinajstić information content (AvgIpc) is 2.95. The smallest absolute Gasteiger partial charge is 0.406 e. The van der Waals surface area contributed by atoms with E-state index in [4.69, 9.17) is 4.42 Å². The molecule has 0 unspecified atom stereocenters. The maximum Gasteiger partial charge on any atom is 0.406 e. The SMILES string of the molecule is CCc1ccc(C(=O)N[C@H]2CC(=O)N(CC(F)(F)F)C2)o1. The fourth-order valence-electron chi connectivity index (χ4n) is 2.18. The molecule has 1 aromatic heterocycles. The van der Waals surface area contributed by atoms with Crippen molar-refractivity contribution in [1.82, 2.24) is 10.2 Å². The Hall–Kier alpha value is -1.99. The van der Waals surface area contributed by atoms with E-state index in [1.54, 1.807) is 6.07 Å². The number of furan rings is 1. The van der Waals surface area contributed by atoms with Gasteiger partial charge < -0.3 is 14.6 Å². The number of nitrogens with one attached hydrogen (secondary N) is 1. The fraction of sp³-hybridized carbons (Fsp3) is 0.538. The minimum atomic E-state index is -4.44. The molecular weight excluding hydrogens is 289 g/mol. The molecule has 8 heteroatoms. The standard InChI is InChI=1S/C13H15F3N2O3/c1-2-9-3-4-10(21-9)12(20)17-8-5-11(19)18(6-8)7-13(14,15)16/h3-4,8H,2,5-7H2,1H3,(H,17,20)/t8-/m0/s1. The summed E-state index contributed by atoms with van der Waals surface area (Å²) >= 11 is 0. The molecule has 21 heavy (non-hydrogen) atoms. The summed E-state index contributed by atoms with van der Waals surface area (Å²) in [7, 11) is 0. The number of alkyl halides is 3. The Morgan fingerprint density at radius 2 is 2.19 bits per heavy atom. The molecule has 0 spiro atoms. The fourth-order valence-corrected chi connectivity index (χ4v) is 2.18. The number of halogens is 3. The molecule has 1 aliphatic rings. The van der Waals surface area contributed by atoms with Crippen LogP contribution >= 0.6 is 0 Å². The summed E-state index contributed by atoms with van der Waals surface area (Å²) in [5, 5.41) is 2.52. The van der Waals surface area contributed by atoms with Crippen LogP contribution in [-0.2, 0) is 11.2 Å². The van der Waals surface area contributed by atoms with Crippen LogP contribution in [-0.4, -0.2) is 42.0 Å². The Balaban J connectivity index is 1.92. The van der Waals surface area contributed by atoms with Crippen LogP contribution in [0.2, 0.25) is 0 Å². The van der Waals surface area contributed by atoms with Gasteiger partial charge in [-0.3, -0.25) is 9.59 Å². The highest BCUT2D eigenvalue weighted by Crippen LogP contribution is 2.21. The third-order valence-corrected chi connectivity index (χ3v) is 3.15. The first kappa shape index (κ1) is 15.4. The van der Waals surface area contributed by atoms with Crippen LogP contribution in [0.5, 0.6) is 0 Å². The molecule has 1 N–H and O–H groups in total. The monoisotopic (exact) mass is 304 g/mol. The molecule has 5 nitrogen and oxygen atoms in total. The summed E-state index contributed by atoms with van der Waals surface area (Å²) in [6.07, 6.45) is -3.94. The number of nitrogens with zero attached hydrogens (tertiary/aromatic N) is 1. The lowest BCUT2D eigenvalue weighted by atomic mass is 10.2. The number of carbonyl (C=O) groups excluding carboxylic acids is 2. The summed E-state index contributed by atoms with van der Waals surface area (Å²) in [4.78, 5) is 24.1. The molecule has 2 rings (SSSR count). The molecule has 116 valence electrons. The van der Waals surface area contributed by atoms with Gasteiger partial charge in [0.25, 0.3) is 5.91 Å². The van der Waals surface area contributed by atoms with Crippen molar-refractivity contribution in [1.29, 1.82) is 0 Å². The quantitative estimate of drug-likeness (QED) is 0.921. The first-order valence-corrected chi connectivity index (χ1v) is 6.52.